The van der Waals surface area contributed by atoms with Crippen LogP contribution in [0, 0.1) is 0 Å². The number of methoxy groups -OCH3 is 1. The number of hydrogen-bond acceptors (Lipinski definition) is 3. The molecule has 0 bridgehead atoms. The maximum absolute atomic E-state index is 4.97. The van der Waals surface area contributed by atoms with E-state index in [2.05, 4.69) is 34.9 Å². The summed E-state index contributed by atoms with van der Waals surface area (Å²) in [5.41, 5.74) is 2.28. The van der Waals surface area contributed by atoms with E-state index in [9.17, 15) is 0 Å². The number of anilines is 2. The molecule has 0 saturated heterocycles. The number of rotatable bonds is 6. The first kappa shape index (κ1) is 10.9. The van der Waals surface area contributed by atoms with Crippen molar-refractivity contribution in [1.82, 2.24) is 0 Å². The Morgan fingerprint density at radius 1 is 1.14 bits per heavy atom. The molecule has 1 aromatic rings. The van der Waals surface area contributed by atoms with Crippen molar-refractivity contribution in [2.24, 2.45) is 0 Å². The second kappa shape index (κ2) is 6.27. The number of nitrogens with one attached hydrogen (secondary N) is 2. The van der Waals surface area contributed by atoms with E-state index in [0.717, 1.165) is 30.9 Å². The van der Waals surface area contributed by atoms with Crippen LogP contribution in [0.15, 0.2) is 24.3 Å². The molecule has 0 aliphatic rings. The molecule has 0 unspecified atom stereocenters. The van der Waals surface area contributed by atoms with Crippen molar-refractivity contribution in [3.63, 3.8) is 0 Å². The van der Waals surface area contributed by atoms with Crippen molar-refractivity contribution in [2.45, 2.75) is 6.42 Å². The standard InChI is InChI=1S/C11H18N2O/c1-12-10-4-6-11(7-5-10)13-8-3-9-14-2/h4-7,12-13H,3,8-9H2,1-2H3. The third-order valence-electron chi connectivity index (χ3n) is 2.03. The van der Waals surface area contributed by atoms with Crippen LogP contribution in [0.2, 0.25) is 0 Å². The normalized spacial score (nSPS) is 9.86. The van der Waals surface area contributed by atoms with Crippen molar-refractivity contribution in [1.29, 1.82) is 0 Å². The molecular formula is C11H18N2O. The lowest BCUT2D eigenvalue weighted by molar-refractivity contribution is 0.198. The highest BCUT2D eigenvalue weighted by molar-refractivity contribution is 5.53. The Morgan fingerprint density at radius 3 is 2.36 bits per heavy atom. The van der Waals surface area contributed by atoms with Crippen molar-refractivity contribution < 1.29 is 4.74 Å². The molecule has 0 amide bonds. The van der Waals surface area contributed by atoms with Gasteiger partial charge in [0.15, 0.2) is 0 Å². The molecule has 14 heavy (non-hydrogen) atoms. The van der Waals surface area contributed by atoms with Gasteiger partial charge < -0.3 is 15.4 Å². The minimum absolute atomic E-state index is 0.807. The lowest BCUT2D eigenvalue weighted by Gasteiger charge is -2.06. The van der Waals surface area contributed by atoms with Gasteiger partial charge >= 0.3 is 0 Å². The van der Waals surface area contributed by atoms with Crippen molar-refractivity contribution in [2.75, 3.05) is 37.9 Å². The molecule has 0 aromatic heterocycles. The Balaban J connectivity index is 2.29. The summed E-state index contributed by atoms with van der Waals surface area (Å²) in [6.07, 6.45) is 1.03. The highest BCUT2D eigenvalue weighted by Crippen LogP contribution is 2.12. The zero-order chi connectivity index (χ0) is 10.2. The van der Waals surface area contributed by atoms with Crippen LogP contribution in [0.4, 0.5) is 11.4 Å². The third kappa shape index (κ3) is 3.66. The maximum Gasteiger partial charge on any atom is 0.0479 e. The molecule has 78 valence electrons. The van der Waals surface area contributed by atoms with Crippen LogP contribution in [0.3, 0.4) is 0 Å². The average molecular weight is 194 g/mol. The molecule has 0 radical (unpaired) electrons. The van der Waals surface area contributed by atoms with Crippen LogP contribution in [-0.4, -0.2) is 27.3 Å². The van der Waals surface area contributed by atoms with Crippen molar-refractivity contribution in [3.8, 4) is 0 Å². The monoisotopic (exact) mass is 194 g/mol. The van der Waals surface area contributed by atoms with Gasteiger partial charge in [-0.25, -0.2) is 0 Å². The van der Waals surface area contributed by atoms with Gasteiger partial charge in [0.1, 0.15) is 0 Å². The molecule has 1 aromatic carbocycles. The maximum atomic E-state index is 4.97. The second-order valence-electron chi connectivity index (χ2n) is 3.10. The van der Waals surface area contributed by atoms with E-state index in [4.69, 9.17) is 4.74 Å². The predicted molar refractivity (Wildman–Crippen MR) is 61.0 cm³/mol. The first-order chi connectivity index (χ1) is 6.86. The molecule has 0 aliphatic carbocycles. The Labute approximate surface area is 85.5 Å². The molecule has 0 spiro atoms. The van der Waals surface area contributed by atoms with E-state index in [-0.39, 0.29) is 0 Å². The molecule has 0 aliphatic heterocycles. The zero-order valence-electron chi connectivity index (χ0n) is 8.84. The highest BCUT2D eigenvalue weighted by atomic mass is 16.5. The molecule has 1 rings (SSSR count). The van der Waals surface area contributed by atoms with Gasteiger partial charge in [-0.15, -0.1) is 0 Å². The fourth-order valence-electron chi connectivity index (χ4n) is 1.20. The van der Waals surface area contributed by atoms with Gasteiger partial charge in [-0.1, -0.05) is 0 Å². The average Bonchev–Trinajstić information content (AvgIpc) is 2.25. The smallest absolute Gasteiger partial charge is 0.0479 e. The summed E-state index contributed by atoms with van der Waals surface area (Å²) in [5.74, 6) is 0. The molecule has 3 nitrogen and oxygen atoms in total. The summed E-state index contributed by atoms with van der Waals surface area (Å²) >= 11 is 0. The molecule has 0 fully saturated rings. The largest absolute Gasteiger partial charge is 0.388 e. The Morgan fingerprint density at radius 2 is 1.79 bits per heavy atom. The van der Waals surface area contributed by atoms with Gasteiger partial charge in [0, 0.05) is 38.7 Å². The summed E-state index contributed by atoms with van der Waals surface area (Å²) in [7, 11) is 3.64. The Bertz CT molecular complexity index is 246. The van der Waals surface area contributed by atoms with Gasteiger partial charge in [-0.2, -0.15) is 0 Å². The fraction of sp³-hybridized carbons (Fsp3) is 0.455. The van der Waals surface area contributed by atoms with Crippen LogP contribution in [0.1, 0.15) is 6.42 Å². The minimum atomic E-state index is 0.807. The van der Waals surface area contributed by atoms with Crippen LogP contribution < -0.4 is 10.6 Å². The van der Waals surface area contributed by atoms with E-state index >= 15 is 0 Å². The van der Waals surface area contributed by atoms with E-state index in [1.807, 2.05) is 7.05 Å². The molecule has 0 atom stereocenters. The predicted octanol–water partition coefficient (Wildman–Crippen LogP) is 2.18. The third-order valence-corrected chi connectivity index (χ3v) is 2.03. The lowest BCUT2D eigenvalue weighted by atomic mass is 10.3. The molecule has 2 N–H and O–H groups in total. The second-order valence-corrected chi connectivity index (χ2v) is 3.10. The summed E-state index contributed by atoms with van der Waals surface area (Å²) < 4.78 is 4.97. The van der Waals surface area contributed by atoms with Gasteiger partial charge in [-0.05, 0) is 30.7 Å². The molecule has 3 heteroatoms. The first-order valence-electron chi connectivity index (χ1n) is 4.87. The quantitative estimate of drug-likeness (QED) is 0.681. The number of benzene rings is 1. The van der Waals surface area contributed by atoms with Crippen LogP contribution in [0.25, 0.3) is 0 Å². The minimum Gasteiger partial charge on any atom is -0.388 e. The lowest BCUT2D eigenvalue weighted by Crippen LogP contribution is -2.04. The zero-order valence-corrected chi connectivity index (χ0v) is 8.84. The highest BCUT2D eigenvalue weighted by Gasteiger charge is 1.91. The summed E-state index contributed by atoms with van der Waals surface area (Å²) in [6, 6.07) is 8.24. The molecular weight excluding hydrogens is 176 g/mol. The Hall–Kier alpha value is -1.22. The van der Waals surface area contributed by atoms with E-state index < -0.39 is 0 Å². The van der Waals surface area contributed by atoms with E-state index in [1.165, 1.54) is 0 Å². The molecule has 0 saturated carbocycles. The fourth-order valence-corrected chi connectivity index (χ4v) is 1.20. The van der Waals surface area contributed by atoms with E-state index in [0.29, 0.717) is 0 Å². The van der Waals surface area contributed by atoms with Crippen LogP contribution >= 0.6 is 0 Å². The number of hydrogen-bond donors (Lipinski definition) is 2. The first-order valence-corrected chi connectivity index (χ1v) is 4.87. The molecule has 0 heterocycles. The van der Waals surface area contributed by atoms with Crippen molar-refractivity contribution >= 4 is 11.4 Å². The number of ether oxygens (including phenoxy) is 1. The summed E-state index contributed by atoms with van der Waals surface area (Å²) in [4.78, 5) is 0. The van der Waals surface area contributed by atoms with Crippen LogP contribution in [0.5, 0.6) is 0 Å². The SMILES string of the molecule is CNc1ccc(NCCCOC)cc1. The van der Waals surface area contributed by atoms with Crippen LogP contribution in [-0.2, 0) is 4.74 Å². The van der Waals surface area contributed by atoms with Gasteiger partial charge in [-0.3, -0.25) is 0 Å². The topological polar surface area (TPSA) is 33.3 Å². The van der Waals surface area contributed by atoms with Gasteiger partial charge in [0.05, 0.1) is 0 Å². The Kier molecular flexibility index (Phi) is 4.86. The van der Waals surface area contributed by atoms with Gasteiger partial charge in [0.2, 0.25) is 0 Å². The summed E-state index contributed by atoms with van der Waals surface area (Å²) in [6.45, 7) is 1.76. The van der Waals surface area contributed by atoms with Gasteiger partial charge in [0.25, 0.3) is 0 Å². The van der Waals surface area contributed by atoms with Crippen molar-refractivity contribution in [3.05, 3.63) is 24.3 Å². The van der Waals surface area contributed by atoms with E-state index in [1.54, 1.807) is 7.11 Å². The summed E-state index contributed by atoms with van der Waals surface area (Å²) in [5, 5.41) is 6.41.